The highest BCUT2D eigenvalue weighted by molar-refractivity contribution is 4.97. The highest BCUT2D eigenvalue weighted by Gasteiger charge is 2.30. The number of rotatable bonds is 5. The van der Waals surface area contributed by atoms with E-state index >= 15 is 0 Å². The summed E-state index contributed by atoms with van der Waals surface area (Å²) < 4.78 is 2.30. The van der Waals surface area contributed by atoms with Gasteiger partial charge in [-0.2, -0.15) is 0 Å². The molecule has 19 heavy (non-hydrogen) atoms. The van der Waals surface area contributed by atoms with Gasteiger partial charge in [-0.25, -0.2) is 4.98 Å². The summed E-state index contributed by atoms with van der Waals surface area (Å²) in [5.74, 6) is 3.47. The number of nitrogens with two attached hydrogens (primary N) is 1. The fourth-order valence-corrected chi connectivity index (χ4v) is 3.37. The summed E-state index contributed by atoms with van der Waals surface area (Å²) in [5.41, 5.74) is 6.34. The van der Waals surface area contributed by atoms with E-state index in [0.717, 1.165) is 31.2 Å². The molecule has 0 bridgehead atoms. The lowest BCUT2D eigenvalue weighted by Gasteiger charge is -2.36. The molecule has 0 amide bonds. The van der Waals surface area contributed by atoms with E-state index in [1.807, 2.05) is 6.20 Å². The van der Waals surface area contributed by atoms with E-state index in [9.17, 15) is 0 Å². The molecule has 1 aromatic rings. The third kappa shape index (κ3) is 3.59. The molecule has 0 saturated heterocycles. The van der Waals surface area contributed by atoms with Crippen molar-refractivity contribution >= 4 is 0 Å². The lowest BCUT2D eigenvalue weighted by atomic mass is 9.73. The van der Waals surface area contributed by atoms with E-state index in [2.05, 4.69) is 36.5 Å². The van der Waals surface area contributed by atoms with Crippen LogP contribution in [0.25, 0.3) is 0 Å². The average Bonchev–Trinajstić information content (AvgIpc) is 2.80. The fraction of sp³-hybridized carbons (Fsp3) is 0.812. The van der Waals surface area contributed by atoms with Crippen LogP contribution in [0.5, 0.6) is 0 Å². The Hall–Kier alpha value is -0.830. The molecule has 3 unspecified atom stereocenters. The molecule has 0 aromatic carbocycles. The van der Waals surface area contributed by atoms with Crippen molar-refractivity contribution in [3.05, 3.63) is 18.2 Å². The zero-order chi connectivity index (χ0) is 13.8. The van der Waals surface area contributed by atoms with Crippen LogP contribution in [0.15, 0.2) is 12.4 Å². The largest absolute Gasteiger partial charge is 0.335 e. The van der Waals surface area contributed by atoms with Gasteiger partial charge in [-0.1, -0.05) is 20.8 Å². The molecule has 1 aromatic heterocycles. The van der Waals surface area contributed by atoms with E-state index in [1.54, 1.807) is 0 Å². The monoisotopic (exact) mass is 263 g/mol. The Bertz CT molecular complexity index is 383. The standard InChI is InChI=1S/C16H29N3/c1-4-8-19-9-7-18-16(19)11-14-10-13(12(2)3)5-6-15(14)17/h7,9,12-15H,4-6,8,10-11,17H2,1-3H3. The summed E-state index contributed by atoms with van der Waals surface area (Å²) in [5, 5.41) is 0. The van der Waals surface area contributed by atoms with Gasteiger partial charge in [-0.05, 0) is 43.4 Å². The maximum atomic E-state index is 6.34. The predicted molar refractivity (Wildman–Crippen MR) is 79.9 cm³/mol. The molecule has 1 aliphatic carbocycles. The SMILES string of the molecule is CCCn1ccnc1CC1CC(C(C)C)CCC1N. The van der Waals surface area contributed by atoms with E-state index in [4.69, 9.17) is 5.73 Å². The van der Waals surface area contributed by atoms with Gasteiger partial charge in [0, 0.05) is 31.4 Å². The number of hydrogen-bond acceptors (Lipinski definition) is 2. The third-order valence-corrected chi connectivity index (χ3v) is 4.74. The van der Waals surface area contributed by atoms with Crippen LogP contribution in [0.3, 0.4) is 0 Å². The molecule has 3 heteroatoms. The minimum atomic E-state index is 0.363. The Kier molecular flexibility index (Phi) is 5.03. The second-order valence-electron chi connectivity index (χ2n) is 6.48. The molecule has 108 valence electrons. The Balaban J connectivity index is 2.01. The lowest BCUT2D eigenvalue weighted by molar-refractivity contribution is 0.187. The van der Waals surface area contributed by atoms with Gasteiger partial charge in [-0.15, -0.1) is 0 Å². The number of aromatic nitrogens is 2. The molecule has 1 fully saturated rings. The average molecular weight is 263 g/mol. The van der Waals surface area contributed by atoms with Gasteiger partial charge < -0.3 is 10.3 Å². The van der Waals surface area contributed by atoms with Crippen molar-refractivity contribution < 1.29 is 0 Å². The van der Waals surface area contributed by atoms with Gasteiger partial charge in [0.2, 0.25) is 0 Å². The van der Waals surface area contributed by atoms with Gasteiger partial charge >= 0.3 is 0 Å². The molecule has 0 spiro atoms. The summed E-state index contributed by atoms with van der Waals surface area (Å²) in [6.45, 7) is 7.98. The van der Waals surface area contributed by atoms with Crippen LogP contribution in [0.2, 0.25) is 0 Å². The lowest BCUT2D eigenvalue weighted by Crippen LogP contribution is -2.39. The highest BCUT2D eigenvalue weighted by Crippen LogP contribution is 2.34. The maximum absolute atomic E-state index is 6.34. The summed E-state index contributed by atoms with van der Waals surface area (Å²) in [4.78, 5) is 4.54. The maximum Gasteiger partial charge on any atom is 0.108 e. The molecule has 0 radical (unpaired) electrons. The van der Waals surface area contributed by atoms with E-state index in [0.29, 0.717) is 12.0 Å². The van der Waals surface area contributed by atoms with Crippen LogP contribution in [0, 0.1) is 17.8 Å². The molecule has 1 saturated carbocycles. The molecule has 3 nitrogen and oxygen atoms in total. The Labute approximate surface area is 117 Å². The van der Waals surface area contributed by atoms with Crippen LogP contribution in [-0.2, 0) is 13.0 Å². The van der Waals surface area contributed by atoms with E-state index in [1.165, 1.54) is 25.1 Å². The molecule has 2 N–H and O–H groups in total. The van der Waals surface area contributed by atoms with Crippen molar-refractivity contribution in [1.82, 2.24) is 9.55 Å². The first-order chi connectivity index (χ1) is 9.11. The number of nitrogens with zero attached hydrogens (tertiary/aromatic N) is 2. The first-order valence-corrected chi connectivity index (χ1v) is 7.87. The minimum absolute atomic E-state index is 0.363. The third-order valence-electron chi connectivity index (χ3n) is 4.74. The molecule has 2 rings (SSSR count). The first kappa shape index (κ1) is 14.6. The first-order valence-electron chi connectivity index (χ1n) is 7.87. The number of aryl methyl sites for hydroxylation is 1. The van der Waals surface area contributed by atoms with Gasteiger partial charge in [0.15, 0.2) is 0 Å². The quantitative estimate of drug-likeness (QED) is 0.886. The number of imidazole rings is 1. The van der Waals surface area contributed by atoms with E-state index < -0.39 is 0 Å². The van der Waals surface area contributed by atoms with Crippen molar-refractivity contribution in [3.63, 3.8) is 0 Å². The van der Waals surface area contributed by atoms with Crippen LogP contribution >= 0.6 is 0 Å². The highest BCUT2D eigenvalue weighted by atomic mass is 15.1. The second kappa shape index (κ2) is 6.56. The summed E-state index contributed by atoms with van der Waals surface area (Å²) in [6, 6.07) is 0.363. The molecule has 3 atom stereocenters. The minimum Gasteiger partial charge on any atom is -0.335 e. The van der Waals surface area contributed by atoms with Gasteiger partial charge in [0.1, 0.15) is 5.82 Å². The normalized spacial score (nSPS) is 27.9. The predicted octanol–water partition coefficient (Wildman–Crippen LogP) is 3.24. The van der Waals surface area contributed by atoms with Gasteiger partial charge in [0.05, 0.1) is 0 Å². The molecule has 1 heterocycles. The van der Waals surface area contributed by atoms with Gasteiger partial charge in [-0.3, -0.25) is 0 Å². The van der Waals surface area contributed by atoms with E-state index in [-0.39, 0.29) is 0 Å². The van der Waals surface area contributed by atoms with Crippen LogP contribution in [-0.4, -0.2) is 15.6 Å². The smallest absolute Gasteiger partial charge is 0.108 e. The summed E-state index contributed by atoms with van der Waals surface area (Å²) in [7, 11) is 0. The van der Waals surface area contributed by atoms with Crippen molar-refractivity contribution in [2.45, 2.75) is 65.5 Å². The van der Waals surface area contributed by atoms with Crippen LogP contribution in [0.4, 0.5) is 0 Å². The molecular formula is C16H29N3. The Morgan fingerprint density at radius 1 is 1.42 bits per heavy atom. The second-order valence-corrected chi connectivity index (χ2v) is 6.48. The summed E-state index contributed by atoms with van der Waals surface area (Å²) >= 11 is 0. The number of hydrogen-bond donors (Lipinski definition) is 1. The summed E-state index contributed by atoms with van der Waals surface area (Å²) in [6.07, 6.45) is 10.0. The molecular weight excluding hydrogens is 234 g/mol. The van der Waals surface area contributed by atoms with Crippen molar-refractivity contribution in [3.8, 4) is 0 Å². The zero-order valence-electron chi connectivity index (χ0n) is 12.7. The van der Waals surface area contributed by atoms with Crippen LogP contribution in [0.1, 0.15) is 52.3 Å². The van der Waals surface area contributed by atoms with Crippen molar-refractivity contribution in [1.29, 1.82) is 0 Å². The zero-order valence-corrected chi connectivity index (χ0v) is 12.7. The topological polar surface area (TPSA) is 43.8 Å². The van der Waals surface area contributed by atoms with Crippen molar-refractivity contribution in [2.75, 3.05) is 0 Å². The van der Waals surface area contributed by atoms with Gasteiger partial charge in [0.25, 0.3) is 0 Å². The van der Waals surface area contributed by atoms with Crippen molar-refractivity contribution in [2.24, 2.45) is 23.5 Å². The Morgan fingerprint density at radius 3 is 2.89 bits per heavy atom. The fourth-order valence-electron chi connectivity index (χ4n) is 3.37. The molecule has 1 aliphatic rings. The molecule has 0 aliphatic heterocycles. The van der Waals surface area contributed by atoms with Crippen LogP contribution < -0.4 is 5.73 Å². The Morgan fingerprint density at radius 2 is 2.21 bits per heavy atom.